The smallest absolute Gasteiger partial charge is 0.127 e. The molecule has 2 aliphatic heterocycles. The molecule has 0 spiro atoms. The second-order valence-corrected chi connectivity index (χ2v) is 6.09. The average molecular weight is 300 g/mol. The van der Waals surface area contributed by atoms with Crippen LogP contribution in [0, 0.1) is 5.82 Å². The van der Waals surface area contributed by atoms with Gasteiger partial charge >= 0.3 is 0 Å². The maximum atomic E-state index is 13.8. The Bertz CT molecular complexity index is 453. The summed E-state index contributed by atoms with van der Waals surface area (Å²) in [6.07, 6.45) is 3.94. The highest BCUT2D eigenvalue weighted by atomic mass is 79.9. The van der Waals surface area contributed by atoms with Gasteiger partial charge in [-0.05, 0) is 43.4 Å². The normalized spacial score (nSPS) is 35.5. The molecule has 0 aliphatic carbocycles. The van der Waals surface area contributed by atoms with Crippen molar-refractivity contribution in [2.45, 2.75) is 43.4 Å². The van der Waals surface area contributed by atoms with Gasteiger partial charge in [-0.3, -0.25) is 0 Å². The monoisotopic (exact) mass is 299 g/mol. The van der Waals surface area contributed by atoms with E-state index in [1.165, 1.54) is 6.07 Å². The van der Waals surface area contributed by atoms with Gasteiger partial charge in [0, 0.05) is 10.0 Å². The van der Waals surface area contributed by atoms with Crippen molar-refractivity contribution in [1.29, 1.82) is 0 Å². The Morgan fingerprint density at radius 2 is 2.29 bits per heavy atom. The Balaban J connectivity index is 1.83. The van der Waals surface area contributed by atoms with Crippen LogP contribution in [0.5, 0.6) is 0 Å². The van der Waals surface area contributed by atoms with E-state index in [0.717, 1.165) is 23.7 Å². The Labute approximate surface area is 108 Å². The number of rotatable bonds is 2. The maximum Gasteiger partial charge on any atom is 0.127 e. The van der Waals surface area contributed by atoms with E-state index in [-0.39, 0.29) is 17.5 Å². The summed E-state index contributed by atoms with van der Waals surface area (Å²) < 4.78 is 20.3. The van der Waals surface area contributed by atoms with Gasteiger partial charge in [0.05, 0.1) is 12.2 Å². The lowest BCUT2D eigenvalue weighted by atomic mass is 9.78. The van der Waals surface area contributed by atoms with E-state index in [1.807, 2.05) is 6.07 Å². The molecule has 2 N–H and O–H groups in total. The van der Waals surface area contributed by atoms with Gasteiger partial charge < -0.3 is 10.5 Å². The predicted octanol–water partition coefficient (Wildman–Crippen LogP) is 2.78. The topological polar surface area (TPSA) is 35.2 Å². The summed E-state index contributed by atoms with van der Waals surface area (Å²) in [5.74, 6) is -0.188. The first-order valence-corrected chi connectivity index (χ1v) is 6.74. The van der Waals surface area contributed by atoms with Crippen molar-refractivity contribution in [3.63, 3.8) is 0 Å². The second kappa shape index (κ2) is 4.04. The van der Waals surface area contributed by atoms with Gasteiger partial charge in [-0.1, -0.05) is 22.0 Å². The first-order chi connectivity index (χ1) is 8.07. The summed E-state index contributed by atoms with van der Waals surface area (Å²) in [4.78, 5) is 0. The Hall–Kier alpha value is -0.450. The van der Waals surface area contributed by atoms with E-state index >= 15 is 0 Å². The highest BCUT2D eigenvalue weighted by Crippen LogP contribution is 2.42. The lowest BCUT2D eigenvalue weighted by molar-refractivity contribution is 0.0855. The van der Waals surface area contributed by atoms with Crippen LogP contribution in [-0.4, -0.2) is 17.7 Å². The lowest BCUT2D eigenvalue weighted by Crippen LogP contribution is -2.50. The van der Waals surface area contributed by atoms with Crippen LogP contribution in [0.4, 0.5) is 4.39 Å². The van der Waals surface area contributed by atoms with Crippen LogP contribution in [0.25, 0.3) is 0 Å². The summed E-state index contributed by atoms with van der Waals surface area (Å²) in [7, 11) is 0. The first-order valence-electron chi connectivity index (χ1n) is 5.95. The van der Waals surface area contributed by atoms with E-state index < -0.39 is 0 Å². The Morgan fingerprint density at radius 3 is 2.88 bits per heavy atom. The fraction of sp³-hybridized carbons (Fsp3) is 0.538. The van der Waals surface area contributed by atoms with Crippen molar-refractivity contribution in [3.8, 4) is 0 Å². The highest BCUT2D eigenvalue weighted by Gasteiger charge is 2.49. The molecule has 1 aromatic rings. The zero-order valence-corrected chi connectivity index (χ0v) is 11.0. The fourth-order valence-electron chi connectivity index (χ4n) is 3.04. The third kappa shape index (κ3) is 2.02. The van der Waals surface area contributed by atoms with Gasteiger partial charge in [-0.25, -0.2) is 4.39 Å². The largest absolute Gasteiger partial charge is 0.373 e. The molecule has 0 radical (unpaired) electrons. The maximum absolute atomic E-state index is 13.8. The molecule has 3 atom stereocenters. The van der Waals surface area contributed by atoms with E-state index in [4.69, 9.17) is 10.5 Å². The molecular weight excluding hydrogens is 285 g/mol. The molecule has 2 bridgehead atoms. The molecule has 0 aromatic heterocycles. The third-order valence-corrected chi connectivity index (χ3v) is 4.38. The minimum atomic E-state index is -0.377. The van der Waals surface area contributed by atoms with Crippen molar-refractivity contribution in [3.05, 3.63) is 34.1 Å². The summed E-state index contributed by atoms with van der Waals surface area (Å²) in [5, 5.41) is 0. The van der Waals surface area contributed by atoms with E-state index in [2.05, 4.69) is 15.9 Å². The lowest BCUT2D eigenvalue weighted by Gasteiger charge is -2.31. The molecule has 3 rings (SSSR count). The zero-order valence-electron chi connectivity index (χ0n) is 9.46. The van der Waals surface area contributed by atoms with Gasteiger partial charge in [-0.2, -0.15) is 0 Å². The van der Waals surface area contributed by atoms with Crippen LogP contribution in [-0.2, 0) is 11.2 Å². The van der Waals surface area contributed by atoms with Crippen molar-refractivity contribution in [2.75, 3.05) is 0 Å². The van der Waals surface area contributed by atoms with Crippen LogP contribution in [0.2, 0.25) is 0 Å². The molecule has 4 heteroatoms. The van der Waals surface area contributed by atoms with E-state index in [9.17, 15) is 4.39 Å². The molecule has 2 aliphatic rings. The van der Waals surface area contributed by atoms with Crippen molar-refractivity contribution in [1.82, 2.24) is 0 Å². The van der Waals surface area contributed by atoms with Gasteiger partial charge in [0.2, 0.25) is 0 Å². The van der Waals surface area contributed by atoms with Crippen molar-refractivity contribution >= 4 is 15.9 Å². The second-order valence-electron chi connectivity index (χ2n) is 5.17. The van der Waals surface area contributed by atoms with Gasteiger partial charge in [-0.15, -0.1) is 0 Å². The van der Waals surface area contributed by atoms with Crippen LogP contribution >= 0.6 is 15.9 Å². The standard InChI is InChI=1S/C13H15BrFNO/c14-9-2-1-8(11(15)5-9)6-13(16)7-10-3-4-12(13)17-10/h1-2,5,10,12H,3-4,6-7,16H2. The SMILES string of the molecule is NC1(Cc2ccc(Br)cc2F)CC2CCC1O2. The fourth-order valence-corrected chi connectivity index (χ4v) is 3.37. The van der Waals surface area contributed by atoms with Gasteiger partial charge in [0.1, 0.15) is 5.82 Å². The average Bonchev–Trinajstić information content (AvgIpc) is 2.82. The van der Waals surface area contributed by atoms with Crippen LogP contribution < -0.4 is 5.73 Å². The summed E-state index contributed by atoms with van der Waals surface area (Å²) in [5.41, 5.74) is 6.69. The molecular formula is C13H15BrFNO. The number of halogens is 2. The molecule has 2 heterocycles. The van der Waals surface area contributed by atoms with Crippen molar-refractivity contribution in [2.24, 2.45) is 5.73 Å². The molecule has 2 saturated heterocycles. The zero-order chi connectivity index (χ0) is 12.0. The number of hydrogen-bond donors (Lipinski definition) is 1. The molecule has 17 heavy (non-hydrogen) atoms. The molecule has 3 unspecified atom stereocenters. The van der Waals surface area contributed by atoms with E-state index in [1.54, 1.807) is 6.07 Å². The molecule has 0 saturated carbocycles. The van der Waals surface area contributed by atoms with Crippen LogP contribution in [0.15, 0.2) is 22.7 Å². The number of hydrogen-bond acceptors (Lipinski definition) is 2. The molecule has 2 nitrogen and oxygen atoms in total. The minimum absolute atomic E-state index is 0.107. The van der Waals surface area contributed by atoms with Crippen LogP contribution in [0.3, 0.4) is 0 Å². The molecule has 0 amide bonds. The predicted molar refractivity (Wildman–Crippen MR) is 67.2 cm³/mol. The van der Waals surface area contributed by atoms with E-state index in [0.29, 0.717) is 18.1 Å². The summed E-state index contributed by atoms with van der Waals surface area (Å²) in [6, 6.07) is 5.16. The summed E-state index contributed by atoms with van der Waals surface area (Å²) >= 11 is 3.26. The summed E-state index contributed by atoms with van der Waals surface area (Å²) in [6.45, 7) is 0. The third-order valence-electron chi connectivity index (χ3n) is 3.89. The van der Waals surface area contributed by atoms with Crippen LogP contribution in [0.1, 0.15) is 24.8 Å². The molecule has 92 valence electrons. The number of ether oxygens (including phenoxy) is 1. The van der Waals surface area contributed by atoms with Gasteiger partial charge in [0.15, 0.2) is 0 Å². The van der Waals surface area contributed by atoms with Crippen molar-refractivity contribution < 1.29 is 9.13 Å². The highest BCUT2D eigenvalue weighted by molar-refractivity contribution is 9.10. The number of fused-ring (bicyclic) bond motifs is 2. The quantitative estimate of drug-likeness (QED) is 0.911. The number of nitrogens with two attached hydrogens (primary N) is 1. The first kappa shape index (κ1) is 11.6. The number of benzene rings is 1. The molecule has 2 fully saturated rings. The Kier molecular flexibility index (Phi) is 2.76. The Morgan fingerprint density at radius 1 is 1.47 bits per heavy atom. The minimum Gasteiger partial charge on any atom is -0.373 e. The van der Waals surface area contributed by atoms with Gasteiger partial charge in [0.25, 0.3) is 0 Å². The molecule has 1 aromatic carbocycles.